The summed E-state index contributed by atoms with van der Waals surface area (Å²) in [6.45, 7) is 13.8. The van der Waals surface area contributed by atoms with Crippen LogP contribution in [-0.4, -0.2) is 0 Å². The molecule has 0 N–H and O–H groups in total. The monoisotopic (exact) mass is 828 g/mol. The first-order valence-corrected chi connectivity index (χ1v) is 17.3. The van der Waals surface area contributed by atoms with Crippen molar-refractivity contribution in [3.8, 4) is 12.1 Å². The molecule has 0 spiro atoms. The summed E-state index contributed by atoms with van der Waals surface area (Å²) in [6.07, 6.45) is -5.35. The molecular weight excluding hydrogens is 822 g/mol. The maximum atomic E-state index is 14.9. The van der Waals surface area contributed by atoms with Crippen LogP contribution in [0.25, 0.3) is 33.1 Å². The lowest BCUT2D eigenvalue weighted by atomic mass is 9.96. The molecule has 2 aliphatic carbocycles. The normalized spacial score (nSPS) is 18.2. The van der Waals surface area contributed by atoms with Gasteiger partial charge in [0.15, 0.2) is 34.9 Å². The number of nitriles is 2. The highest BCUT2D eigenvalue weighted by Crippen LogP contribution is 3.04. The molecule has 24 heteroatoms. The molecule has 0 saturated carbocycles. The Kier molecular flexibility index (Phi) is 7.67. The van der Waals surface area contributed by atoms with Gasteiger partial charge in [0.2, 0.25) is 5.70 Å². The van der Waals surface area contributed by atoms with Crippen molar-refractivity contribution in [2.45, 2.75) is 22.6 Å². The van der Waals surface area contributed by atoms with Crippen molar-refractivity contribution < 1.29 is 74.0 Å². The van der Waals surface area contributed by atoms with Gasteiger partial charge < -0.3 is 0 Å². The Hall–Kier alpha value is -5.72. The molecule has 54 heavy (non-hydrogen) atoms. The highest BCUT2D eigenvalue weighted by Gasteiger charge is 2.71. The summed E-state index contributed by atoms with van der Waals surface area (Å²) in [5.41, 5.74) is -20.4. The van der Waals surface area contributed by atoms with Crippen molar-refractivity contribution in [3.63, 3.8) is 0 Å². The average Bonchev–Trinajstić information content (AvgIpc) is 3.63. The number of benzene rings is 3. The summed E-state index contributed by atoms with van der Waals surface area (Å²) >= 11 is 0. The number of hydrogen-bond donors (Lipinski definition) is 0. The second kappa shape index (κ2) is 10.5. The number of allylic oxidation sites excluding steroid dienone is 3. The minimum absolute atomic E-state index is 0.488. The van der Waals surface area contributed by atoms with Crippen LogP contribution in [0.4, 0.5) is 79.7 Å². The third-order valence-electron chi connectivity index (χ3n) is 7.89. The third kappa shape index (κ3) is 5.95. The molecule has 0 unspecified atom stereocenters. The molecule has 4 nitrogen and oxygen atoms in total. The fourth-order valence-corrected chi connectivity index (χ4v) is 8.47. The first kappa shape index (κ1) is 39.5. The van der Waals surface area contributed by atoms with Gasteiger partial charge in [0.25, 0.3) is 5.69 Å². The summed E-state index contributed by atoms with van der Waals surface area (Å²) in [6, 6.07) is 1.47. The molecule has 0 heterocycles. The first-order valence-electron chi connectivity index (χ1n) is 13.4. The van der Waals surface area contributed by atoms with Crippen molar-refractivity contribution in [2.24, 2.45) is 0 Å². The number of rotatable bonds is 4. The molecule has 284 valence electrons. The fraction of sp³-hybridized carbons (Fsp3) is 0.0667. The predicted molar refractivity (Wildman–Crippen MR) is 154 cm³/mol. The SMILES string of the molecule is [C-]#[N+]/C(=C1\C=c2c(c(S(F)(F)(F)(F)F)c3c(c2S(F)(F)(F)(F)F)C/C(=C(/C#N)c2c(F)c(F)c(C#N)c(F)c2F)C=3)C1)c1c(F)c(F)c([N+]#[C-])c(F)c1F. The van der Waals surface area contributed by atoms with E-state index in [1.807, 2.05) is 0 Å². The zero-order chi connectivity index (χ0) is 41.2. The van der Waals surface area contributed by atoms with E-state index in [0.29, 0.717) is 6.07 Å². The lowest BCUT2D eigenvalue weighted by Gasteiger charge is -2.45. The van der Waals surface area contributed by atoms with E-state index in [2.05, 4.69) is 9.69 Å². The van der Waals surface area contributed by atoms with Gasteiger partial charge in [-0.05, 0) is 34.8 Å². The van der Waals surface area contributed by atoms with Crippen LogP contribution in [0.15, 0.2) is 20.9 Å². The molecule has 2 aliphatic rings. The molecule has 0 atom stereocenters. The van der Waals surface area contributed by atoms with E-state index >= 15 is 0 Å². The van der Waals surface area contributed by atoms with E-state index in [-0.39, 0.29) is 0 Å². The summed E-state index contributed by atoms with van der Waals surface area (Å²) < 4.78 is 265. The lowest BCUT2D eigenvalue weighted by Crippen LogP contribution is -2.33. The summed E-state index contributed by atoms with van der Waals surface area (Å²) in [4.78, 5) is -2.35. The Balaban J connectivity index is 2.04. The minimum atomic E-state index is -11.6. The Morgan fingerprint density at radius 1 is 0.574 bits per heavy atom. The van der Waals surface area contributed by atoms with Crippen LogP contribution in [0.1, 0.15) is 27.8 Å². The largest absolute Gasteiger partial charge is 0.311 e. The second-order valence-corrected chi connectivity index (χ2v) is 15.9. The summed E-state index contributed by atoms with van der Waals surface area (Å²) in [5, 5.41) is 13.3. The summed E-state index contributed by atoms with van der Waals surface area (Å²) in [7, 11) is -23.2. The molecule has 0 aliphatic heterocycles. The number of hydrogen-bond acceptors (Lipinski definition) is 2. The van der Waals surface area contributed by atoms with Gasteiger partial charge in [-0.2, -0.15) is 10.5 Å². The maximum absolute atomic E-state index is 14.9. The van der Waals surface area contributed by atoms with Gasteiger partial charge in [0.05, 0.1) is 29.8 Å². The zero-order valence-corrected chi connectivity index (χ0v) is 26.6. The minimum Gasteiger partial charge on any atom is -0.237 e. The van der Waals surface area contributed by atoms with Crippen LogP contribution in [0.2, 0.25) is 0 Å². The van der Waals surface area contributed by atoms with Gasteiger partial charge in [-0.3, -0.25) is 0 Å². The fourth-order valence-electron chi connectivity index (χ4n) is 5.98. The molecular formula is C30H6F18N4S2. The van der Waals surface area contributed by atoms with E-state index in [4.69, 9.17) is 18.4 Å². The maximum Gasteiger partial charge on any atom is 0.311 e. The summed E-state index contributed by atoms with van der Waals surface area (Å²) in [5.74, 6) is -20.7. The van der Waals surface area contributed by atoms with Gasteiger partial charge in [-0.25, -0.2) is 44.8 Å². The van der Waals surface area contributed by atoms with Crippen molar-refractivity contribution in [2.75, 3.05) is 0 Å². The molecule has 0 bridgehead atoms. The second-order valence-electron chi connectivity index (χ2n) is 11.2. The van der Waals surface area contributed by atoms with E-state index in [1.54, 1.807) is 0 Å². The smallest absolute Gasteiger partial charge is 0.237 e. The lowest BCUT2D eigenvalue weighted by molar-refractivity contribution is 0.352. The highest BCUT2D eigenvalue weighted by atomic mass is 32.5. The van der Waals surface area contributed by atoms with Crippen LogP contribution in [0.3, 0.4) is 0 Å². The van der Waals surface area contributed by atoms with Crippen molar-refractivity contribution in [1.29, 1.82) is 10.5 Å². The first-order chi connectivity index (χ1) is 24.2. The molecule has 0 fully saturated rings. The number of fused-ring (bicyclic) bond motifs is 2. The Labute approximate surface area is 287 Å². The predicted octanol–water partition coefficient (Wildman–Crippen LogP) is 11.5. The van der Waals surface area contributed by atoms with Crippen LogP contribution in [-0.2, 0) is 12.8 Å². The van der Waals surface area contributed by atoms with E-state index in [9.17, 15) is 79.2 Å². The van der Waals surface area contributed by atoms with Gasteiger partial charge in [-0.15, -0.1) is 0 Å². The molecule has 5 rings (SSSR count). The van der Waals surface area contributed by atoms with Crippen molar-refractivity contribution in [1.82, 2.24) is 0 Å². The quantitative estimate of drug-likeness (QED) is 0.114. The number of nitrogens with zero attached hydrogens (tertiary/aromatic N) is 4. The molecule has 0 aromatic heterocycles. The molecule has 3 aromatic carbocycles. The molecule has 0 radical (unpaired) electrons. The van der Waals surface area contributed by atoms with E-state index in [0.717, 1.165) is 6.07 Å². The average molecular weight is 829 g/mol. The molecule has 0 amide bonds. The Morgan fingerprint density at radius 3 is 1.31 bits per heavy atom. The molecule has 0 saturated heterocycles. The Morgan fingerprint density at radius 2 is 0.963 bits per heavy atom. The van der Waals surface area contributed by atoms with Crippen LogP contribution < -0.4 is 10.4 Å². The van der Waals surface area contributed by atoms with Crippen LogP contribution in [0, 0.1) is 82.3 Å². The van der Waals surface area contributed by atoms with Gasteiger partial charge in [0, 0.05) is 16.9 Å². The van der Waals surface area contributed by atoms with Crippen LogP contribution >= 0.6 is 20.4 Å². The number of halogens is 18. The standard InChI is InChI=1S/C30H6F18N4S2/c1-51-27(18-23(35)25(37)28(52-2)26(38)24(18)36)10-5-13-14(6-10)30(54(44,45,46,47)48)12-4-9(3-11(12)29(13)53(39,40,41,42)43)15(7-49)17-21(33)19(31)16(8-50)20(32)22(17)34/h3,6H,4-5H2/b15-9-,27-10-. The molecule has 3 aromatic rings. The van der Waals surface area contributed by atoms with Gasteiger partial charge in [0.1, 0.15) is 39.1 Å². The van der Waals surface area contributed by atoms with Crippen molar-refractivity contribution in [3.05, 3.63) is 119 Å². The van der Waals surface area contributed by atoms with E-state index < -0.39 is 168 Å². The topological polar surface area (TPSA) is 56.3 Å². The van der Waals surface area contributed by atoms with E-state index in [1.165, 1.54) is 0 Å². The van der Waals surface area contributed by atoms with Crippen LogP contribution in [0.5, 0.6) is 0 Å². The van der Waals surface area contributed by atoms with Gasteiger partial charge >= 0.3 is 20.4 Å². The Bertz CT molecular complexity index is 2500. The van der Waals surface area contributed by atoms with Gasteiger partial charge in [-0.1, -0.05) is 44.9 Å². The highest BCUT2D eigenvalue weighted by molar-refractivity contribution is 8.46. The zero-order valence-electron chi connectivity index (χ0n) is 25.0. The van der Waals surface area contributed by atoms with Crippen molar-refractivity contribution >= 4 is 49.6 Å². The third-order valence-corrected chi connectivity index (χ3v) is 10.4.